The molecule has 116 valence electrons. The molecular weight excluding hydrogens is 268 g/mol. The lowest BCUT2D eigenvalue weighted by molar-refractivity contribution is -0.139. The third kappa shape index (κ3) is 3.54. The van der Waals surface area contributed by atoms with Crippen LogP contribution < -0.4 is 10.1 Å². The summed E-state index contributed by atoms with van der Waals surface area (Å²) in [5.41, 5.74) is 1.09. The fourth-order valence-corrected chi connectivity index (χ4v) is 2.52. The van der Waals surface area contributed by atoms with Crippen molar-refractivity contribution in [2.75, 3.05) is 32.1 Å². The Labute approximate surface area is 125 Å². The minimum atomic E-state index is -0.651. The number of aryl methyl sites for hydroxylation is 1. The van der Waals surface area contributed by atoms with E-state index in [2.05, 4.69) is 5.32 Å². The van der Waals surface area contributed by atoms with E-state index in [0.717, 1.165) is 5.56 Å². The van der Waals surface area contributed by atoms with E-state index >= 15 is 0 Å². The summed E-state index contributed by atoms with van der Waals surface area (Å²) in [6.45, 7) is 7.33. The Hall–Kier alpha value is -1.59. The van der Waals surface area contributed by atoms with Crippen LogP contribution in [0.4, 0.5) is 5.69 Å². The Morgan fingerprint density at radius 3 is 2.71 bits per heavy atom. The van der Waals surface area contributed by atoms with Crippen LogP contribution >= 0.6 is 0 Å². The maximum absolute atomic E-state index is 12.1. The highest BCUT2D eigenvalue weighted by Gasteiger charge is 2.43. The number of nitrogens with one attached hydrogen (secondary N) is 1. The van der Waals surface area contributed by atoms with Gasteiger partial charge < -0.3 is 15.2 Å². The van der Waals surface area contributed by atoms with E-state index in [1.165, 1.54) is 0 Å². The zero-order valence-corrected chi connectivity index (χ0v) is 13.1. The van der Waals surface area contributed by atoms with Gasteiger partial charge in [0.25, 0.3) is 0 Å². The molecule has 5 nitrogen and oxygen atoms in total. The Balaban J connectivity index is 1.90. The fraction of sp³-hybridized carbons (Fsp3) is 0.562. The van der Waals surface area contributed by atoms with E-state index in [-0.39, 0.29) is 18.4 Å². The van der Waals surface area contributed by atoms with Crippen LogP contribution in [0.25, 0.3) is 0 Å². The summed E-state index contributed by atoms with van der Waals surface area (Å²) in [6, 6.07) is 5.66. The Morgan fingerprint density at radius 2 is 2.14 bits per heavy atom. The molecule has 0 radical (unpaired) electrons. The van der Waals surface area contributed by atoms with Crippen molar-refractivity contribution < 1.29 is 14.6 Å². The van der Waals surface area contributed by atoms with Crippen LogP contribution in [-0.2, 0) is 4.79 Å². The molecule has 21 heavy (non-hydrogen) atoms. The predicted octanol–water partition coefficient (Wildman–Crippen LogP) is 1.64. The van der Waals surface area contributed by atoms with Gasteiger partial charge in [-0.1, -0.05) is 19.9 Å². The smallest absolute Gasteiger partial charge is 0.238 e. The van der Waals surface area contributed by atoms with Crippen molar-refractivity contribution in [3.63, 3.8) is 0 Å². The number of hydrogen-bond acceptors (Lipinski definition) is 4. The van der Waals surface area contributed by atoms with Crippen molar-refractivity contribution in [1.29, 1.82) is 0 Å². The van der Waals surface area contributed by atoms with Crippen molar-refractivity contribution >= 4 is 11.6 Å². The Morgan fingerprint density at radius 1 is 1.48 bits per heavy atom. The highest BCUT2D eigenvalue weighted by Crippen LogP contribution is 2.29. The number of rotatable bonds is 5. The highest BCUT2D eigenvalue weighted by molar-refractivity contribution is 5.93. The second-order valence-corrected chi connectivity index (χ2v) is 6.16. The number of benzene rings is 1. The molecule has 0 spiro atoms. The Bertz CT molecular complexity index is 522. The van der Waals surface area contributed by atoms with E-state index in [1.54, 1.807) is 7.11 Å². The molecule has 1 aromatic carbocycles. The SMILES string of the molecule is COc1ccc(C)cc1NC(=O)CN1CC(O)(C(C)C)C1. The van der Waals surface area contributed by atoms with Crippen LogP contribution in [0.1, 0.15) is 19.4 Å². The van der Waals surface area contributed by atoms with Gasteiger partial charge in [-0.25, -0.2) is 0 Å². The molecule has 2 N–H and O–H groups in total. The quantitative estimate of drug-likeness (QED) is 0.866. The van der Waals surface area contributed by atoms with Crippen LogP contribution in [0, 0.1) is 12.8 Å². The van der Waals surface area contributed by atoms with Gasteiger partial charge in [-0.2, -0.15) is 0 Å². The minimum absolute atomic E-state index is 0.0929. The first kappa shape index (κ1) is 15.8. The van der Waals surface area contributed by atoms with Gasteiger partial charge in [0.2, 0.25) is 5.91 Å². The summed E-state index contributed by atoms with van der Waals surface area (Å²) in [5, 5.41) is 13.1. The van der Waals surface area contributed by atoms with Crippen molar-refractivity contribution in [1.82, 2.24) is 4.90 Å². The monoisotopic (exact) mass is 292 g/mol. The van der Waals surface area contributed by atoms with Gasteiger partial charge >= 0.3 is 0 Å². The standard InChI is InChI=1S/C16H24N2O3/c1-11(2)16(20)9-18(10-16)8-15(19)17-13-7-12(3)5-6-14(13)21-4/h5-7,11,20H,8-10H2,1-4H3,(H,17,19). The van der Waals surface area contributed by atoms with E-state index < -0.39 is 5.60 Å². The number of hydrogen-bond donors (Lipinski definition) is 2. The second-order valence-electron chi connectivity index (χ2n) is 6.16. The van der Waals surface area contributed by atoms with Crippen LogP contribution in [0.15, 0.2) is 18.2 Å². The van der Waals surface area contributed by atoms with Gasteiger partial charge in [0.05, 0.1) is 24.9 Å². The van der Waals surface area contributed by atoms with E-state index in [1.807, 2.05) is 43.9 Å². The number of anilines is 1. The maximum atomic E-state index is 12.1. The molecule has 2 rings (SSSR count). The molecule has 1 saturated heterocycles. The van der Waals surface area contributed by atoms with E-state index in [4.69, 9.17) is 4.74 Å². The van der Waals surface area contributed by atoms with Gasteiger partial charge in [-0.05, 0) is 30.5 Å². The first-order chi connectivity index (χ1) is 9.84. The number of β-amino-alcohol motifs (C(OH)–C–C–N with tert-alkyl or cyclic N) is 1. The number of aliphatic hydroxyl groups is 1. The molecule has 1 aromatic rings. The highest BCUT2D eigenvalue weighted by atomic mass is 16.5. The zero-order chi connectivity index (χ0) is 15.6. The summed E-state index contributed by atoms with van der Waals surface area (Å²) in [4.78, 5) is 14.0. The summed E-state index contributed by atoms with van der Waals surface area (Å²) in [7, 11) is 1.58. The molecule has 1 aliphatic rings. The molecule has 0 unspecified atom stereocenters. The molecule has 5 heteroatoms. The lowest BCUT2D eigenvalue weighted by atomic mass is 9.83. The number of nitrogens with zero attached hydrogens (tertiary/aromatic N) is 1. The number of ether oxygens (including phenoxy) is 1. The molecule has 0 atom stereocenters. The van der Waals surface area contributed by atoms with E-state index in [9.17, 15) is 9.90 Å². The first-order valence-corrected chi connectivity index (χ1v) is 7.23. The van der Waals surface area contributed by atoms with Crippen LogP contribution in [0.3, 0.4) is 0 Å². The van der Waals surface area contributed by atoms with Crippen molar-refractivity contribution in [3.8, 4) is 5.75 Å². The largest absolute Gasteiger partial charge is 0.495 e. The average Bonchev–Trinajstić information content (AvgIpc) is 2.36. The molecule has 1 amide bonds. The topological polar surface area (TPSA) is 61.8 Å². The summed E-state index contributed by atoms with van der Waals surface area (Å²) in [5.74, 6) is 0.759. The predicted molar refractivity (Wildman–Crippen MR) is 82.6 cm³/mol. The normalized spacial score (nSPS) is 17.4. The number of carbonyl (C=O) groups is 1. The maximum Gasteiger partial charge on any atom is 0.238 e. The third-order valence-corrected chi connectivity index (χ3v) is 4.07. The average molecular weight is 292 g/mol. The van der Waals surface area contributed by atoms with Crippen LogP contribution in [0.2, 0.25) is 0 Å². The summed E-state index contributed by atoms with van der Waals surface area (Å²) in [6.07, 6.45) is 0. The second kappa shape index (κ2) is 6.03. The van der Waals surface area contributed by atoms with Gasteiger partial charge in [0.1, 0.15) is 5.75 Å². The number of amides is 1. The molecule has 1 fully saturated rings. The van der Waals surface area contributed by atoms with Gasteiger partial charge in [-0.3, -0.25) is 9.69 Å². The van der Waals surface area contributed by atoms with Gasteiger partial charge in [-0.15, -0.1) is 0 Å². The van der Waals surface area contributed by atoms with Crippen molar-refractivity contribution in [3.05, 3.63) is 23.8 Å². The molecule has 1 heterocycles. The Kier molecular flexibility index (Phi) is 4.54. The molecule has 0 aromatic heterocycles. The lowest BCUT2D eigenvalue weighted by Crippen LogP contribution is -2.65. The van der Waals surface area contributed by atoms with Gasteiger partial charge in [0, 0.05) is 13.1 Å². The third-order valence-electron chi connectivity index (χ3n) is 4.07. The van der Waals surface area contributed by atoms with E-state index in [0.29, 0.717) is 24.5 Å². The molecule has 0 aliphatic carbocycles. The first-order valence-electron chi connectivity index (χ1n) is 7.23. The van der Waals surface area contributed by atoms with Crippen molar-refractivity contribution in [2.45, 2.75) is 26.4 Å². The molecule has 0 saturated carbocycles. The minimum Gasteiger partial charge on any atom is -0.495 e. The number of carbonyl (C=O) groups excluding carboxylic acids is 1. The summed E-state index contributed by atoms with van der Waals surface area (Å²) < 4.78 is 5.24. The van der Waals surface area contributed by atoms with Gasteiger partial charge in [0.15, 0.2) is 0 Å². The molecular formula is C16H24N2O3. The number of likely N-dealkylation sites (tertiary alicyclic amines) is 1. The summed E-state index contributed by atoms with van der Waals surface area (Å²) >= 11 is 0. The zero-order valence-electron chi connectivity index (χ0n) is 13.1. The lowest BCUT2D eigenvalue weighted by Gasteiger charge is -2.48. The number of methoxy groups -OCH3 is 1. The van der Waals surface area contributed by atoms with Crippen LogP contribution in [-0.4, -0.2) is 48.3 Å². The fourth-order valence-electron chi connectivity index (χ4n) is 2.52. The molecule has 1 aliphatic heterocycles. The van der Waals surface area contributed by atoms with Crippen LogP contribution in [0.5, 0.6) is 5.75 Å². The molecule has 0 bridgehead atoms. The van der Waals surface area contributed by atoms with Crippen molar-refractivity contribution in [2.24, 2.45) is 5.92 Å².